The molecule has 0 radical (unpaired) electrons. The quantitative estimate of drug-likeness (QED) is 0.349. The van der Waals surface area contributed by atoms with Crippen molar-refractivity contribution in [2.24, 2.45) is 0 Å². The number of nitrogens with one attached hydrogen (secondary N) is 1. The van der Waals surface area contributed by atoms with E-state index in [0.29, 0.717) is 25.4 Å². The van der Waals surface area contributed by atoms with Gasteiger partial charge in [0, 0.05) is 42.6 Å². The minimum absolute atomic E-state index is 0.124. The predicted molar refractivity (Wildman–Crippen MR) is 124 cm³/mol. The van der Waals surface area contributed by atoms with E-state index in [-0.39, 0.29) is 41.5 Å². The third-order valence-electron chi connectivity index (χ3n) is 5.65. The van der Waals surface area contributed by atoms with Gasteiger partial charge in [0.05, 0.1) is 23.6 Å². The summed E-state index contributed by atoms with van der Waals surface area (Å²) in [5, 5.41) is 23.6. The van der Waals surface area contributed by atoms with Gasteiger partial charge in [0.1, 0.15) is 5.69 Å². The van der Waals surface area contributed by atoms with Crippen LogP contribution in [0.2, 0.25) is 0 Å². The van der Waals surface area contributed by atoms with E-state index in [9.17, 15) is 19.7 Å². The maximum absolute atomic E-state index is 11.9. The number of esters is 1. The van der Waals surface area contributed by atoms with Crippen molar-refractivity contribution in [3.05, 3.63) is 58.1 Å². The molecular weight excluding hydrogens is 428 g/mol. The van der Waals surface area contributed by atoms with Crippen LogP contribution in [-0.4, -0.2) is 65.2 Å². The highest BCUT2D eigenvalue weighted by Crippen LogP contribution is 2.31. The van der Waals surface area contributed by atoms with E-state index in [1.165, 1.54) is 12.1 Å². The molecule has 1 aliphatic heterocycles. The van der Waals surface area contributed by atoms with Crippen LogP contribution in [0.3, 0.4) is 0 Å². The molecule has 10 nitrogen and oxygen atoms in total. The molecule has 0 amide bonds. The van der Waals surface area contributed by atoms with Gasteiger partial charge in [-0.25, -0.2) is 4.79 Å². The molecule has 2 aromatic carbocycles. The van der Waals surface area contributed by atoms with Gasteiger partial charge in [0.2, 0.25) is 0 Å². The van der Waals surface area contributed by atoms with Crippen molar-refractivity contribution in [2.45, 2.75) is 32.9 Å². The summed E-state index contributed by atoms with van der Waals surface area (Å²) in [6.07, 6.45) is 0. The number of carbonyl (C=O) groups is 2. The molecule has 1 heterocycles. The highest BCUT2D eigenvalue weighted by Gasteiger charge is 2.31. The van der Waals surface area contributed by atoms with E-state index in [1.807, 2.05) is 18.2 Å². The van der Waals surface area contributed by atoms with E-state index in [1.54, 1.807) is 13.0 Å². The summed E-state index contributed by atoms with van der Waals surface area (Å²) in [5.74, 6) is -1.46. The van der Waals surface area contributed by atoms with Crippen molar-refractivity contribution in [3.63, 3.8) is 0 Å². The Morgan fingerprint density at radius 3 is 2.48 bits per heavy atom. The fourth-order valence-corrected chi connectivity index (χ4v) is 4.09. The van der Waals surface area contributed by atoms with Gasteiger partial charge in [-0.05, 0) is 51.1 Å². The van der Waals surface area contributed by atoms with Gasteiger partial charge in [0.15, 0.2) is 0 Å². The van der Waals surface area contributed by atoms with Crippen LogP contribution in [-0.2, 0) is 9.53 Å². The first kappa shape index (κ1) is 24.0. The summed E-state index contributed by atoms with van der Waals surface area (Å²) >= 11 is 0. The molecule has 2 N–H and O–H groups in total. The maximum Gasteiger partial charge on any atom is 0.335 e. The zero-order valence-corrected chi connectivity index (χ0v) is 18.9. The Morgan fingerprint density at radius 1 is 1.18 bits per heavy atom. The van der Waals surface area contributed by atoms with Gasteiger partial charge in [0.25, 0.3) is 5.69 Å². The Hall–Kier alpha value is -3.66. The normalized spacial score (nSPS) is 18.6. The number of benzene rings is 2. The molecule has 0 aliphatic carbocycles. The molecule has 1 saturated heterocycles. The molecule has 2 aromatic rings. The molecule has 0 spiro atoms. The number of aromatic carboxylic acids is 1. The molecule has 0 saturated carbocycles. The van der Waals surface area contributed by atoms with Crippen LogP contribution in [0.15, 0.2) is 42.5 Å². The number of carboxylic acids is 1. The lowest BCUT2D eigenvalue weighted by molar-refractivity contribution is -0.383. The largest absolute Gasteiger partial charge is 0.478 e. The molecule has 176 valence electrons. The molecule has 10 heteroatoms. The van der Waals surface area contributed by atoms with Gasteiger partial charge in [-0.2, -0.15) is 0 Å². The van der Waals surface area contributed by atoms with Crippen LogP contribution in [0.1, 0.15) is 31.1 Å². The fraction of sp³-hybridized carbons (Fsp3) is 0.391. The summed E-state index contributed by atoms with van der Waals surface area (Å²) in [6.45, 7) is 7.95. The number of nitrogens with zero attached hydrogens (tertiary/aromatic N) is 3. The minimum Gasteiger partial charge on any atom is -0.478 e. The number of hydrogen-bond acceptors (Lipinski definition) is 8. The second kappa shape index (κ2) is 10.3. The van der Waals surface area contributed by atoms with Crippen molar-refractivity contribution in [2.75, 3.05) is 36.5 Å². The van der Waals surface area contributed by atoms with Crippen molar-refractivity contribution in [1.82, 2.24) is 4.90 Å². The minimum atomic E-state index is -1.23. The third kappa shape index (κ3) is 5.78. The molecule has 1 aliphatic rings. The van der Waals surface area contributed by atoms with Crippen molar-refractivity contribution in [1.29, 1.82) is 0 Å². The average Bonchev–Trinajstić information content (AvgIpc) is 2.76. The van der Waals surface area contributed by atoms with Crippen molar-refractivity contribution < 1.29 is 24.4 Å². The standard InChI is InChI=1S/C23H28N4O6/c1-4-33-22(28)14-26-15(2)12-25(13-16(26)3)19-7-5-6-18(11-19)24-20-9-8-17(23(29)30)10-21(20)27(31)32/h5-11,15-16,24H,4,12-14H2,1-3H3,(H,29,30). The number of carbonyl (C=O) groups excluding carboxylic acids is 1. The summed E-state index contributed by atoms with van der Waals surface area (Å²) in [6, 6.07) is 11.5. The Bertz CT molecular complexity index is 1030. The highest BCUT2D eigenvalue weighted by atomic mass is 16.6. The van der Waals surface area contributed by atoms with Crippen LogP contribution < -0.4 is 10.2 Å². The Morgan fingerprint density at radius 2 is 1.88 bits per heavy atom. The van der Waals surface area contributed by atoms with Crippen LogP contribution in [0.5, 0.6) is 0 Å². The zero-order chi connectivity index (χ0) is 24.1. The monoisotopic (exact) mass is 456 g/mol. The van der Waals surface area contributed by atoms with Crippen LogP contribution in [0, 0.1) is 10.1 Å². The van der Waals surface area contributed by atoms with E-state index in [2.05, 4.69) is 29.0 Å². The second-order valence-electron chi connectivity index (χ2n) is 8.05. The van der Waals surface area contributed by atoms with Gasteiger partial charge in [-0.3, -0.25) is 19.8 Å². The number of nitro groups is 1. The summed E-state index contributed by atoms with van der Waals surface area (Å²) in [5.41, 5.74) is 1.34. The number of rotatable bonds is 8. The Balaban J connectivity index is 1.76. The van der Waals surface area contributed by atoms with E-state index < -0.39 is 10.9 Å². The van der Waals surface area contributed by atoms with Gasteiger partial charge in [-0.1, -0.05) is 6.07 Å². The zero-order valence-electron chi connectivity index (χ0n) is 18.9. The van der Waals surface area contributed by atoms with E-state index in [0.717, 1.165) is 11.8 Å². The number of anilines is 3. The summed E-state index contributed by atoms with van der Waals surface area (Å²) < 4.78 is 5.09. The maximum atomic E-state index is 11.9. The van der Waals surface area contributed by atoms with Gasteiger partial charge >= 0.3 is 11.9 Å². The van der Waals surface area contributed by atoms with Crippen molar-refractivity contribution in [3.8, 4) is 0 Å². The third-order valence-corrected chi connectivity index (χ3v) is 5.65. The average molecular weight is 456 g/mol. The SMILES string of the molecule is CCOC(=O)CN1C(C)CN(c2cccc(Nc3ccc(C(=O)O)cc3[N+](=O)[O-])c2)CC1C. The van der Waals surface area contributed by atoms with Gasteiger partial charge < -0.3 is 20.1 Å². The lowest BCUT2D eigenvalue weighted by atomic mass is 10.1. The lowest BCUT2D eigenvalue weighted by Gasteiger charge is -2.45. The first-order chi connectivity index (χ1) is 15.7. The van der Waals surface area contributed by atoms with Crippen LogP contribution in [0.4, 0.5) is 22.7 Å². The van der Waals surface area contributed by atoms with Crippen LogP contribution >= 0.6 is 0 Å². The van der Waals surface area contributed by atoms with Crippen molar-refractivity contribution >= 4 is 34.7 Å². The molecule has 3 rings (SSSR count). The molecule has 1 fully saturated rings. The number of piperazine rings is 1. The lowest BCUT2D eigenvalue weighted by Crippen LogP contribution is -2.58. The highest BCUT2D eigenvalue weighted by molar-refractivity contribution is 5.90. The van der Waals surface area contributed by atoms with E-state index >= 15 is 0 Å². The van der Waals surface area contributed by atoms with Crippen LogP contribution in [0.25, 0.3) is 0 Å². The first-order valence-corrected chi connectivity index (χ1v) is 10.7. The molecular formula is C23H28N4O6. The molecule has 2 unspecified atom stereocenters. The second-order valence-corrected chi connectivity index (χ2v) is 8.05. The molecule has 0 aromatic heterocycles. The topological polar surface area (TPSA) is 125 Å². The number of ether oxygens (including phenoxy) is 1. The summed E-state index contributed by atoms with van der Waals surface area (Å²) in [7, 11) is 0. The number of nitro benzene ring substituents is 1. The van der Waals surface area contributed by atoms with Gasteiger partial charge in [-0.15, -0.1) is 0 Å². The number of carboxylic acid groups (broad SMARTS) is 1. The molecule has 0 bridgehead atoms. The molecule has 2 atom stereocenters. The molecule has 33 heavy (non-hydrogen) atoms. The van der Waals surface area contributed by atoms with E-state index in [4.69, 9.17) is 9.84 Å². The smallest absolute Gasteiger partial charge is 0.335 e. The Kier molecular flexibility index (Phi) is 7.49. The first-order valence-electron chi connectivity index (χ1n) is 10.7. The summed E-state index contributed by atoms with van der Waals surface area (Å²) in [4.78, 5) is 38.3. The fourth-order valence-electron chi connectivity index (χ4n) is 4.09. The number of hydrogen-bond donors (Lipinski definition) is 2. The Labute approximate surface area is 191 Å². The predicted octanol–water partition coefficient (Wildman–Crippen LogP) is 3.50.